The number of halogens is 1. The van der Waals surface area contributed by atoms with Crippen LogP contribution < -0.4 is 0 Å². The molecule has 0 heterocycles. The summed E-state index contributed by atoms with van der Waals surface area (Å²) in [5.41, 5.74) is 1.23. The van der Waals surface area contributed by atoms with E-state index in [4.69, 9.17) is 4.74 Å². The first-order valence-electron chi connectivity index (χ1n) is 6.86. The van der Waals surface area contributed by atoms with Gasteiger partial charge in [-0.2, -0.15) is 0 Å². The Bertz CT molecular complexity index is 705. The predicted molar refractivity (Wildman–Crippen MR) is 89.5 cm³/mol. The van der Waals surface area contributed by atoms with Gasteiger partial charge in [-0.1, -0.05) is 58.4 Å². The van der Waals surface area contributed by atoms with E-state index < -0.39 is 5.97 Å². The van der Waals surface area contributed by atoms with E-state index in [9.17, 15) is 9.59 Å². The van der Waals surface area contributed by atoms with E-state index in [0.29, 0.717) is 5.56 Å². The van der Waals surface area contributed by atoms with E-state index in [2.05, 4.69) is 15.9 Å². The van der Waals surface area contributed by atoms with Gasteiger partial charge in [-0.3, -0.25) is 4.79 Å². The Kier molecular flexibility index (Phi) is 5.67. The zero-order valence-electron chi connectivity index (χ0n) is 12.1. The van der Waals surface area contributed by atoms with Gasteiger partial charge in [0.1, 0.15) is 5.57 Å². The minimum Gasteiger partial charge on any atom is -0.462 e. The molecule has 0 N–H and O–H groups in total. The van der Waals surface area contributed by atoms with Gasteiger partial charge in [0.25, 0.3) is 0 Å². The van der Waals surface area contributed by atoms with E-state index in [1.807, 2.05) is 30.3 Å². The first-order valence-corrected chi connectivity index (χ1v) is 7.65. The van der Waals surface area contributed by atoms with Crippen LogP contribution in [0, 0.1) is 0 Å². The summed E-state index contributed by atoms with van der Waals surface area (Å²) in [6.07, 6.45) is 1.55. The molecule has 0 amide bonds. The average molecular weight is 359 g/mol. The first-order chi connectivity index (χ1) is 10.6. The fourth-order valence-electron chi connectivity index (χ4n) is 1.93. The van der Waals surface area contributed by atoms with Crippen LogP contribution in [0.4, 0.5) is 0 Å². The molecule has 0 unspecified atom stereocenters. The number of carbonyl (C=O) groups excluding carboxylic acids is 2. The monoisotopic (exact) mass is 358 g/mol. The van der Waals surface area contributed by atoms with Gasteiger partial charge in [0.05, 0.1) is 6.61 Å². The van der Waals surface area contributed by atoms with Crippen molar-refractivity contribution in [3.05, 3.63) is 75.8 Å². The quantitative estimate of drug-likeness (QED) is 0.263. The summed E-state index contributed by atoms with van der Waals surface area (Å²) in [6.45, 7) is 1.93. The summed E-state index contributed by atoms with van der Waals surface area (Å²) in [4.78, 5) is 24.7. The van der Waals surface area contributed by atoms with Gasteiger partial charge in [-0.25, -0.2) is 4.79 Å². The molecule has 0 aliphatic heterocycles. The Morgan fingerprint density at radius 1 is 1.09 bits per heavy atom. The van der Waals surface area contributed by atoms with Gasteiger partial charge in [0.15, 0.2) is 5.78 Å². The molecule has 0 radical (unpaired) electrons. The Morgan fingerprint density at radius 2 is 1.82 bits per heavy atom. The van der Waals surface area contributed by atoms with Gasteiger partial charge in [0.2, 0.25) is 0 Å². The molecule has 0 bridgehead atoms. The summed E-state index contributed by atoms with van der Waals surface area (Å²) in [7, 11) is 0. The van der Waals surface area contributed by atoms with Crippen molar-refractivity contribution in [2.75, 3.05) is 6.61 Å². The second-order valence-electron chi connectivity index (χ2n) is 4.53. The van der Waals surface area contributed by atoms with Gasteiger partial charge in [0, 0.05) is 10.0 Å². The van der Waals surface area contributed by atoms with E-state index in [-0.39, 0.29) is 18.0 Å². The second kappa shape index (κ2) is 7.71. The van der Waals surface area contributed by atoms with Gasteiger partial charge < -0.3 is 4.74 Å². The number of rotatable bonds is 5. The number of hydrogen-bond acceptors (Lipinski definition) is 3. The molecule has 22 heavy (non-hydrogen) atoms. The van der Waals surface area contributed by atoms with E-state index >= 15 is 0 Å². The largest absolute Gasteiger partial charge is 0.462 e. The van der Waals surface area contributed by atoms with Crippen LogP contribution in [0.25, 0.3) is 6.08 Å². The van der Waals surface area contributed by atoms with Crippen molar-refractivity contribution in [1.29, 1.82) is 0 Å². The molecule has 0 fully saturated rings. The second-order valence-corrected chi connectivity index (χ2v) is 5.44. The molecule has 0 spiro atoms. The lowest BCUT2D eigenvalue weighted by Crippen LogP contribution is -2.16. The number of benzene rings is 2. The van der Waals surface area contributed by atoms with Crippen LogP contribution >= 0.6 is 15.9 Å². The normalized spacial score (nSPS) is 11.1. The molecular weight excluding hydrogens is 344 g/mol. The average Bonchev–Trinajstić information content (AvgIpc) is 2.53. The first kappa shape index (κ1) is 16.2. The van der Waals surface area contributed by atoms with Crippen LogP contribution in [0.1, 0.15) is 22.8 Å². The van der Waals surface area contributed by atoms with Crippen molar-refractivity contribution in [1.82, 2.24) is 0 Å². The standard InChI is InChI=1S/C18H15BrO3/c1-2-22-18(21)16(12-13-7-6-10-15(19)11-13)17(20)14-8-4-3-5-9-14/h3-12H,2H2,1H3/b16-12+. The zero-order chi connectivity index (χ0) is 15.9. The number of hydrogen-bond donors (Lipinski definition) is 0. The maximum Gasteiger partial charge on any atom is 0.342 e. The molecule has 2 aromatic rings. The van der Waals surface area contributed by atoms with Crippen molar-refractivity contribution in [2.24, 2.45) is 0 Å². The molecule has 3 nitrogen and oxygen atoms in total. The highest BCUT2D eigenvalue weighted by Crippen LogP contribution is 2.18. The maximum absolute atomic E-state index is 12.6. The number of ketones is 1. The highest BCUT2D eigenvalue weighted by atomic mass is 79.9. The summed E-state index contributed by atoms with van der Waals surface area (Å²) >= 11 is 3.37. The highest BCUT2D eigenvalue weighted by Gasteiger charge is 2.21. The third-order valence-corrected chi connectivity index (χ3v) is 3.43. The van der Waals surface area contributed by atoms with E-state index in [1.165, 1.54) is 0 Å². The molecule has 4 heteroatoms. The Hall–Kier alpha value is -2.20. The van der Waals surface area contributed by atoms with Crippen molar-refractivity contribution in [3.8, 4) is 0 Å². The van der Waals surface area contributed by atoms with Crippen molar-refractivity contribution >= 4 is 33.8 Å². The van der Waals surface area contributed by atoms with Crippen LogP contribution in [0.15, 0.2) is 64.6 Å². The molecule has 112 valence electrons. The smallest absolute Gasteiger partial charge is 0.342 e. The fourth-order valence-corrected chi connectivity index (χ4v) is 2.35. The van der Waals surface area contributed by atoms with Crippen molar-refractivity contribution in [2.45, 2.75) is 6.92 Å². The molecular formula is C18H15BrO3. The van der Waals surface area contributed by atoms with Crippen molar-refractivity contribution < 1.29 is 14.3 Å². The fraction of sp³-hybridized carbons (Fsp3) is 0.111. The van der Waals surface area contributed by atoms with E-state index in [1.54, 1.807) is 37.3 Å². The Labute approximate surface area is 137 Å². The molecule has 0 saturated heterocycles. The zero-order valence-corrected chi connectivity index (χ0v) is 13.7. The maximum atomic E-state index is 12.6. The van der Waals surface area contributed by atoms with Crippen LogP contribution in [-0.4, -0.2) is 18.4 Å². The number of carbonyl (C=O) groups is 2. The third-order valence-electron chi connectivity index (χ3n) is 2.94. The van der Waals surface area contributed by atoms with Gasteiger partial charge >= 0.3 is 5.97 Å². The molecule has 0 saturated carbocycles. The van der Waals surface area contributed by atoms with Gasteiger partial charge in [-0.05, 0) is 30.7 Å². The van der Waals surface area contributed by atoms with Crippen LogP contribution in [0.5, 0.6) is 0 Å². The summed E-state index contributed by atoms with van der Waals surface area (Å²) in [5, 5.41) is 0. The van der Waals surface area contributed by atoms with Crippen LogP contribution in [0.2, 0.25) is 0 Å². The molecule has 2 aromatic carbocycles. The summed E-state index contributed by atoms with van der Waals surface area (Å²) < 4.78 is 5.88. The summed E-state index contributed by atoms with van der Waals surface area (Å²) in [5.74, 6) is -0.963. The lowest BCUT2D eigenvalue weighted by atomic mass is 10.0. The predicted octanol–water partition coefficient (Wildman–Crippen LogP) is 4.28. The van der Waals surface area contributed by atoms with Crippen LogP contribution in [-0.2, 0) is 9.53 Å². The minimum atomic E-state index is -0.615. The Morgan fingerprint density at radius 3 is 2.45 bits per heavy atom. The molecule has 0 aliphatic rings. The van der Waals surface area contributed by atoms with Gasteiger partial charge in [-0.15, -0.1) is 0 Å². The topological polar surface area (TPSA) is 43.4 Å². The number of ether oxygens (including phenoxy) is 1. The lowest BCUT2D eigenvalue weighted by molar-refractivity contribution is -0.137. The SMILES string of the molecule is CCOC(=O)/C(=C/c1cccc(Br)c1)C(=O)c1ccccc1. The van der Waals surface area contributed by atoms with Crippen LogP contribution in [0.3, 0.4) is 0 Å². The molecule has 0 aliphatic carbocycles. The van der Waals surface area contributed by atoms with E-state index in [0.717, 1.165) is 10.0 Å². The molecule has 0 aromatic heterocycles. The number of Topliss-reactive ketones (excluding diaryl/α,β-unsaturated/α-hetero) is 1. The third kappa shape index (κ3) is 4.15. The summed E-state index contributed by atoms with van der Waals surface area (Å²) in [6, 6.07) is 16.1. The highest BCUT2D eigenvalue weighted by molar-refractivity contribution is 9.10. The minimum absolute atomic E-state index is 0.0196. The molecule has 0 atom stereocenters. The number of esters is 1. The lowest BCUT2D eigenvalue weighted by Gasteiger charge is -2.07. The molecule has 2 rings (SSSR count). The Balaban J connectivity index is 2.43. The van der Waals surface area contributed by atoms with Crippen molar-refractivity contribution in [3.63, 3.8) is 0 Å².